The van der Waals surface area contributed by atoms with Gasteiger partial charge < -0.3 is 10.0 Å². The van der Waals surface area contributed by atoms with Crippen molar-refractivity contribution in [1.29, 1.82) is 0 Å². The van der Waals surface area contributed by atoms with Gasteiger partial charge in [-0.15, -0.1) is 0 Å². The van der Waals surface area contributed by atoms with Gasteiger partial charge in [-0.25, -0.2) is 4.79 Å². The largest absolute Gasteiger partial charge is 0.465 e. The summed E-state index contributed by atoms with van der Waals surface area (Å²) in [6.45, 7) is 0.389. The molecule has 3 atom stereocenters. The Hall–Kier alpha value is -0.820. The van der Waals surface area contributed by atoms with Crippen molar-refractivity contribution in [1.82, 2.24) is 4.90 Å². The Kier molecular flexibility index (Phi) is 2.38. The smallest absolute Gasteiger partial charge is 0.407 e. The van der Waals surface area contributed by atoms with Crippen molar-refractivity contribution < 1.29 is 22.5 Å². The van der Waals surface area contributed by atoms with Gasteiger partial charge in [-0.3, -0.25) is 4.18 Å². The van der Waals surface area contributed by atoms with E-state index in [2.05, 4.69) is 0 Å². The molecule has 2 bridgehead atoms. The van der Waals surface area contributed by atoms with Crippen molar-refractivity contribution in [3.63, 3.8) is 0 Å². The van der Waals surface area contributed by atoms with Crippen LogP contribution in [0.15, 0.2) is 0 Å². The summed E-state index contributed by atoms with van der Waals surface area (Å²) in [6.07, 6.45) is 0.964. The van der Waals surface area contributed by atoms with Crippen molar-refractivity contribution in [2.45, 2.75) is 25.0 Å². The zero-order valence-corrected chi connectivity index (χ0v) is 9.11. The van der Waals surface area contributed by atoms with Gasteiger partial charge in [-0.05, 0) is 12.8 Å². The number of carboxylic acid groups (broad SMARTS) is 1. The molecule has 0 radical (unpaired) electrons. The van der Waals surface area contributed by atoms with Gasteiger partial charge in [0.2, 0.25) is 0 Å². The summed E-state index contributed by atoms with van der Waals surface area (Å²) in [5.41, 5.74) is 0. The molecule has 6 nitrogen and oxygen atoms in total. The molecular weight excluding hydrogens is 222 g/mol. The van der Waals surface area contributed by atoms with Crippen LogP contribution in [-0.2, 0) is 14.3 Å². The van der Waals surface area contributed by atoms with Crippen molar-refractivity contribution in [3.8, 4) is 0 Å². The van der Waals surface area contributed by atoms with E-state index in [1.54, 1.807) is 0 Å². The maximum Gasteiger partial charge on any atom is 0.407 e. The lowest BCUT2D eigenvalue weighted by atomic mass is 10.1. The van der Waals surface area contributed by atoms with Crippen LogP contribution in [0.4, 0.5) is 4.79 Å². The molecule has 3 unspecified atom stereocenters. The minimum absolute atomic E-state index is 0.0285. The summed E-state index contributed by atoms with van der Waals surface area (Å²) < 4.78 is 26.8. The highest BCUT2D eigenvalue weighted by Crippen LogP contribution is 2.39. The van der Waals surface area contributed by atoms with Gasteiger partial charge in [0, 0.05) is 18.5 Å². The van der Waals surface area contributed by atoms with E-state index in [0.29, 0.717) is 19.4 Å². The number of amides is 1. The van der Waals surface area contributed by atoms with E-state index in [4.69, 9.17) is 9.29 Å². The van der Waals surface area contributed by atoms with E-state index in [-0.39, 0.29) is 18.1 Å². The van der Waals surface area contributed by atoms with E-state index >= 15 is 0 Å². The topological polar surface area (TPSA) is 83.9 Å². The van der Waals surface area contributed by atoms with Crippen LogP contribution in [-0.4, -0.2) is 49.5 Å². The van der Waals surface area contributed by atoms with Crippen LogP contribution < -0.4 is 0 Å². The number of nitrogens with zero attached hydrogens (tertiary/aromatic N) is 1. The van der Waals surface area contributed by atoms with Gasteiger partial charge in [-0.2, -0.15) is 8.42 Å². The highest BCUT2D eigenvalue weighted by Gasteiger charge is 2.48. The molecule has 1 saturated carbocycles. The number of likely N-dealkylation sites (tertiary alicyclic amines) is 1. The minimum Gasteiger partial charge on any atom is -0.465 e. The highest BCUT2D eigenvalue weighted by molar-refractivity contribution is 7.86. The Morgan fingerprint density at radius 2 is 2.13 bits per heavy atom. The quantitative estimate of drug-likeness (QED) is 0.686. The second kappa shape index (κ2) is 3.34. The molecule has 1 aliphatic heterocycles. The molecule has 0 aromatic rings. The van der Waals surface area contributed by atoms with E-state index in [0.717, 1.165) is 6.26 Å². The lowest BCUT2D eigenvalue weighted by Gasteiger charge is -2.28. The number of hydrogen-bond donors (Lipinski definition) is 1. The average molecular weight is 235 g/mol. The molecule has 1 heterocycles. The SMILES string of the molecule is CS(=O)(=O)OC1CC2CC1CN2C(=O)O. The zero-order valence-electron chi connectivity index (χ0n) is 8.29. The predicted octanol–water partition coefficient (Wildman–Crippen LogP) is 0.103. The second-order valence-corrected chi connectivity index (χ2v) is 5.76. The van der Waals surface area contributed by atoms with Crippen LogP contribution >= 0.6 is 0 Å². The third-order valence-corrected chi connectivity index (χ3v) is 3.62. The molecule has 0 spiro atoms. The molecule has 2 aliphatic rings. The minimum atomic E-state index is -3.43. The van der Waals surface area contributed by atoms with Gasteiger partial charge in [-0.1, -0.05) is 0 Å². The third-order valence-electron chi connectivity index (χ3n) is 3.02. The molecule has 7 heteroatoms. The molecule has 0 aromatic heterocycles. The van der Waals surface area contributed by atoms with Gasteiger partial charge in [0.05, 0.1) is 12.4 Å². The Bertz CT molecular complexity index is 378. The molecule has 1 N–H and O–H groups in total. The summed E-state index contributed by atoms with van der Waals surface area (Å²) >= 11 is 0. The Morgan fingerprint density at radius 3 is 2.53 bits per heavy atom. The number of fused-ring (bicyclic) bond motifs is 2. The van der Waals surface area contributed by atoms with Crippen molar-refractivity contribution in [2.24, 2.45) is 5.92 Å². The van der Waals surface area contributed by atoms with Crippen LogP contribution in [0.5, 0.6) is 0 Å². The van der Waals surface area contributed by atoms with E-state index in [1.807, 2.05) is 0 Å². The van der Waals surface area contributed by atoms with Crippen LogP contribution in [0.2, 0.25) is 0 Å². The highest BCUT2D eigenvalue weighted by atomic mass is 32.2. The first kappa shape index (κ1) is 10.7. The van der Waals surface area contributed by atoms with E-state index < -0.39 is 16.2 Å². The number of carbonyl (C=O) groups is 1. The van der Waals surface area contributed by atoms with Crippen molar-refractivity contribution >= 4 is 16.2 Å². The lowest BCUT2D eigenvalue weighted by Crippen LogP contribution is -2.41. The van der Waals surface area contributed by atoms with Gasteiger partial charge in [0.25, 0.3) is 10.1 Å². The van der Waals surface area contributed by atoms with Crippen molar-refractivity contribution in [3.05, 3.63) is 0 Å². The summed E-state index contributed by atoms with van der Waals surface area (Å²) in [6, 6.07) is -0.0701. The fourth-order valence-electron chi connectivity index (χ4n) is 2.48. The molecule has 1 aliphatic carbocycles. The van der Waals surface area contributed by atoms with Crippen LogP contribution in [0.1, 0.15) is 12.8 Å². The molecular formula is C8H13NO5S. The fourth-order valence-corrected chi connectivity index (χ4v) is 3.17. The maximum absolute atomic E-state index is 10.9. The second-order valence-electron chi connectivity index (χ2n) is 4.16. The zero-order chi connectivity index (χ0) is 11.2. The van der Waals surface area contributed by atoms with E-state index in [9.17, 15) is 13.2 Å². The van der Waals surface area contributed by atoms with Crippen LogP contribution in [0, 0.1) is 5.92 Å². The van der Waals surface area contributed by atoms with Crippen molar-refractivity contribution in [2.75, 3.05) is 12.8 Å². The molecule has 1 amide bonds. The Balaban J connectivity index is 2.00. The predicted molar refractivity (Wildman–Crippen MR) is 51.0 cm³/mol. The molecule has 15 heavy (non-hydrogen) atoms. The molecule has 0 aromatic carbocycles. The van der Waals surface area contributed by atoms with Crippen LogP contribution in [0.3, 0.4) is 0 Å². The first-order chi connectivity index (χ1) is 6.87. The Labute approximate surface area is 87.9 Å². The summed E-state index contributed by atoms with van der Waals surface area (Å²) in [5.74, 6) is 0.0285. The number of rotatable bonds is 2. The first-order valence-corrected chi connectivity index (χ1v) is 6.56. The summed E-state index contributed by atoms with van der Waals surface area (Å²) in [7, 11) is -3.43. The summed E-state index contributed by atoms with van der Waals surface area (Å²) in [5, 5.41) is 8.82. The molecule has 86 valence electrons. The lowest BCUT2D eigenvalue weighted by molar-refractivity contribution is 0.0881. The van der Waals surface area contributed by atoms with E-state index in [1.165, 1.54) is 4.90 Å². The third kappa shape index (κ3) is 2.07. The summed E-state index contributed by atoms with van der Waals surface area (Å²) in [4.78, 5) is 12.1. The first-order valence-electron chi connectivity index (χ1n) is 4.74. The van der Waals surface area contributed by atoms with Gasteiger partial charge in [0.15, 0.2) is 0 Å². The van der Waals surface area contributed by atoms with Gasteiger partial charge in [0.1, 0.15) is 0 Å². The average Bonchev–Trinajstić information content (AvgIpc) is 2.58. The van der Waals surface area contributed by atoms with Gasteiger partial charge >= 0.3 is 6.09 Å². The normalized spacial score (nSPS) is 34.7. The van der Waals surface area contributed by atoms with Crippen LogP contribution in [0.25, 0.3) is 0 Å². The maximum atomic E-state index is 10.9. The molecule has 1 saturated heterocycles. The fraction of sp³-hybridized carbons (Fsp3) is 0.875. The molecule has 2 fully saturated rings. The monoisotopic (exact) mass is 235 g/mol. The number of piperidine rings is 1. The number of hydrogen-bond acceptors (Lipinski definition) is 4. The Morgan fingerprint density at radius 1 is 1.47 bits per heavy atom. The molecule has 2 rings (SSSR count). The standard InChI is InChI=1S/C8H13NO5S/c1-15(12,13)14-7-3-6-2-5(7)4-9(6)8(10)11/h5-7H,2-4H2,1H3,(H,10,11).